The van der Waals surface area contributed by atoms with Gasteiger partial charge in [-0.25, -0.2) is 9.78 Å². The molecule has 6 nitrogen and oxygen atoms in total. The second-order valence-electron chi connectivity index (χ2n) is 2.55. The molecule has 0 aliphatic carbocycles. The van der Waals surface area contributed by atoms with Gasteiger partial charge in [-0.15, -0.1) is 10.2 Å². The van der Waals surface area contributed by atoms with Gasteiger partial charge in [-0.3, -0.25) is 4.57 Å². The molecule has 0 saturated carbocycles. The predicted molar refractivity (Wildman–Crippen MR) is 46.1 cm³/mol. The van der Waals surface area contributed by atoms with Gasteiger partial charge in [0.15, 0.2) is 5.69 Å². The van der Waals surface area contributed by atoms with Gasteiger partial charge in [0.2, 0.25) is 0 Å². The third kappa shape index (κ3) is 1.33. The molecule has 2 aromatic heterocycles. The fraction of sp³-hybridized carbons (Fsp3) is 0. The number of pyridine rings is 1. The largest absolute Gasteiger partial charge is 0.476 e. The van der Waals surface area contributed by atoms with E-state index in [2.05, 4.69) is 15.2 Å². The first-order valence-corrected chi connectivity index (χ1v) is 3.82. The lowest BCUT2D eigenvalue weighted by Gasteiger charge is -2.03. The molecule has 0 radical (unpaired) electrons. The number of carbonyl (C=O) groups is 1. The molecule has 2 rings (SSSR count). The molecule has 0 aromatic carbocycles. The van der Waals surface area contributed by atoms with E-state index in [0.717, 1.165) is 0 Å². The summed E-state index contributed by atoms with van der Waals surface area (Å²) < 4.78 is 1.50. The fourth-order valence-corrected chi connectivity index (χ4v) is 1.10. The van der Waals surface area contributed by atoms with E-state index in [0.29, 0.717) is 5.69 Å². The minimum atomic E-state index is -1.07. The lowest BCUT2D eigenvalue weighted by atomic mass is 10.3. The second kappa shape index (κ2) is 3.25. The summed E-state index contributed by atoms with van der Waals surface area (Å²) in [5.74, 6) is -1.07. The highest BCUT2D eigenvalue weighted by molar-refractivity contribution is 5.89. The summed E-state index contributed by atoms with van der Waals surface area (Å²) >= 11 is 0. The number of nitrogens with zero attached hydrogens (tertiary/aromatic N) is 4. The lowest BCUT2D eigenvalue weighted by molar-refractivity contribution is 0.0690. The van der Waals surface area contributed by atoms with Crippen LogP contribution in [-0.2, 0) is 0 Å². The molecule has 0 spiro atoms. The molecule has 1 N–H and O–H groups in total. The SMILES string of the molecule is O=C(O)c1ncccc1-n1cnnc1. The number of hydrogen-bond donors (Lipinski definition) is 1. The van der Waals surface area contributed by atoms with E-state index in [9.17, 15) is 4.79 Å². The molecule has 0 fully saturated rings. The van der Waals surface area contributed by atoms with Crippen LogP contribution >= 0.6 is 0 Å². The van der Waals surface area contributed by atoms with E-state index in [1.807, 2.05) is 0 Å². The maximum absolute atomic E-state index is 10.8. The highest BCUT2D eigenvalue weighted by atomic mass is 16.4. The molecule has 0 aliphatic heterocycles. The van der Waals surface area contributed by atoms with Gasteiger partial charge in [0.1, 0.15) is 12.7 Å². The molecular formula is C8H6N4O2. The van der Waals surface area contributed by atoms with E-state index in [1.54, 1.807) is 12.1 Å². The summed E-state index contributed by atoms with van der Waals surface area (Å²) in [4.78, 5) is 14.6. The average Bonchev–Trinajstić information content (AvgIpc) is 2.70. The number of hydrogen-bond acceptors (Lipinski definition) is 4. The maximum atomic E-state index is 10.8. The van der Waals surface area contributed by atoms with Gasteiger partial charge in [-0.05, 0) is 12.1 Å². The van der Waals surface area contributed by atoms with Crippen molar-refractivity contribution in [3.63, 3.8) is 0 Å². The third-order valence-corrected chi connectivity index (χ3v) is 1.69. The normalized spacial score (nSPS) is 10.0. The smallest absolute Gasteiger partial charge is 0.356 e. The van der Waals surface area contributed by atoms with Gasteiger partial charge in [-0.1, -0.05) is 0 Å². The van der Waals surface area contributed by atoms with Crippen LogP contribution in [0.5, 0.6) is 0 Å². The maximum Gasteiger partial charge on any atom is 0.356 e. The molecule has 0 unspecified atom stereocenters. The quantitative estimate of drug-likeness (QED) is 0.739. The number of aromatic carboxylic acids is 1. The van der Waals surface area contributed by atoms with Crippen molar-refractivity contribution in [2.75, 3.05) is 0 Å². The molecule has 70 valence electrons. The van der Waals surface area contributed by atoms with Crippen molar-refractivity contribution in [1.82, 2.24) is 19.7 Å². The van der Waals surface area contributed by atoms with E-state index in [4.69, 9.17) is 5.11 Å². The summed E-state index contributed by atoms with van der Waals surface area (Å²) in [6, 6.07) is 3.29. The van der Waals surface area contributed by atoms with Crippen molar-refractivity contribution >= 4 is 5.97 Å². The van der Waals surface area contributed by atoms with Crippen molar-refractivity contribution in [3.05, 3.63) is 36.7 Å². The Morgan fingerprint density at radius 1 is 1.36 bits per heavy atom. The van der Waals surface area contributed by atoms with E-state index >= 15 is 0 Å². The Morgan fingerprint density at radius 3 is 2.71 bits per heavy atom. The van der Waals surface area contributed by atoms with Crippen LogP contribution < -0.4 is 0 Å². The Hall–Kier alpha value is -2.24. The molecule has 0 amide bonds. The molecule has 6 heteroatoms. The van der Waals surface area contributed by atoms with E-state index in [-0.39, 0.29) is 5.69 Å². The Bertz CT molecular complexity index is 452. The van der Waals surface area contributed by atoms with Crippen LogP contribution in [0.15, 0.2) is 31.0 Å². The molecule has 0 atom stereocenters. The van der Waals surface area contributed by atoms with Gasteiger partial charge in [-0.2, -0.15) is 0 Å². The summed E-state index contributed by atoms with van der Waals surface area (Å²) in [5.41, 5.74) is 0.428. The van der Waals surface area contributed by atoms with Crippen LogP contribution in [0.3, 0.4) is 0 Å². The highest BCUT2D eigenvalue weighted by Crippen LogP contribution is 2.10. The minimum absolute atomic E-state index is 0.0210. The lowest BCUT2D eigenvalue weighted by Crippen LogP contribution is -2.06. The number of rotatable bonds is 2. The van der Waals surface area contributed by atoms with Crippen LogP contribution in [0.25, 0.3) is 5.69 Å². The monoisotopic (exact) mass is 190 g/mol. The van der Waals surface area contributed by atoms with Crippen molar-refractivity contribution in [2.24, 2.45) is 0 Å². The predicted octanol–water partition coefficient (Wildman–Crippen LogP) is 0.360. The Labute approximate surface area is 78.9 Å². The fourth-order valence-electron chi connectivity index (χ4n) is 1.10. The van der Waals surface area contributed by atoms with Crippen LogP contribution in [0.4, 0.5) is 0 Å². The zero-order valence-electron chi connectivity index (χ0n) is 7.03. The van der Waals surface area contributed by atoms with E-state index < -0.39 is 5.97 Å². The van der Waals surface area contributed by atoms with Crippen LogP contribution in [0.2, 0.25) is 0 Å². The molecule has 2 heterocycles. The summed E-state index contributed by atoms with van der Waals surface area (Å²) in [6.07, 6.45) is 4.27. The van der Waals surface area contributed by atoms with Gasteiger partial charge >= 0.3 is 5.97 Å². The van der Waals surface area contributed by atoms with Gasteiger partial charge in [0.05, 0.1) is 5.69 Å². The van der Waals surface area contributed by atoms with Gasteiger partial charge < -0.3 is 5.11 Å². The molecule has 0 saturated heterocycles. The third-order valence-electron chi connectivity index (χ3n) is 1.69. The average molecular weight is 190 g/mol. The van der Waals surface area contributed by atoms with Crippen LogP contribution in [-0.4, -0.2) is 30.8 Å². The van der Waals surface area contributed by atoms with E-state index in [1.165, 1.54) is 23.4 Å². The first kappa shape index (κ1) is 8.36. The van der Waals surface area contributed by atoms with Crippen LogP contribution in [0, 0.1) is 0 Å². The molecule has 0 bridgehead atoms. The van der Waals surface area contributed by atoms with Crippen molar-refractivity contribution in [1.29, 1.82) is 0 Å². The molecule has 0 aliphatic rings. The standard InChI is InChI=1S/C8H6N4O2/c13-8(14)7-6(2-1-3-9-7)12-4-10-11-5-12/h1-5H,(H,13,14). The number of carboxylic acid groups (broad SMARTS) is 1. The summed E-state index contributed by atoms with van der Waals surface area (Å²) in [5, 5.41) is 16.0. The zero-order chi connectivity index (χ0) is 9.97. The highest BCUT2D eigenvalue weighted by Gasteiger charge is 2.11. The minimum Gasteiger partial charge on any atom is -0.476 e. The van der Waals surface area contributed by atoms with Crippen molar-refractivity contribution in [3.8, 4) is 5.69 Å². The Kier molecular flexibility index (Phi) is 1.94. The topological polar surface area (TPSA) is 80.9 Å². The zero-order valence-corrected chi connectivity index (χ0v) is 7.03. The Morgan fingerprint density at radius 2 is 2.07 bits per heavy atom. The summed E-state index contributed by atoms with van der Waals surface area (Å²) in [6.45, 7) is 0. The molecule has 2 aromatic rings. The van der Waals surface area contributed by atoms with Crippen molar-refractivity contribution in [2.45, 2.75) is 0 Å². The molecular weight excluding hydrogens is 184 g/mol. The number of aromatic nitrogens is 4. The van der Waals surface area contributed by atoms with Crippen molar-refractivity contribution < 1.29 is 9.90 Å². The van der Waals surface area contributed by atoms with Gasteiger partial charge in [0, 0.05) is 6.20 Å². The first-order chi connectivity index (χ1) is 6.79. The van der Waals surface area contributed by atoms with Crippen LogP contribution in [0.1, 0.15) is 10.5 Å². The first-order valence-electron chi connectivity index (χ1n) is 3.82. The second-order valence-corrected chi connectivity index (χ2v) is 2.55. The Balaban J connectivity index is 2.58. The number of carboxylic acids is 1. The summed E-state index contributed by atoms with van der Waals surface area (Å²) in [7, 11) is 0. The van der Waals surface area contributed by atoms with Gasteiger partial charge in [0.25, 0.3) is 0 Å². The molecule has 14 heavy (non-hydrogen) atoms.